The minimum absolute atomic E-state index is 0. The van der Waals surface area contributed by atoms with Crippen LogP contribution in [0.15, 0.2) is 17.1 Å². The lowest BCUT2D eigenvalue weighted by Crippen LogP contribution is -2.37. The van der Waals surface area contributed by atoms with Gasteiger partial charge in [-0.1, -0.05) is 0 Å². The number of benzene rings is 1. The summed E-state index contributed by atoms with van der Waals surface area (Å²) in [5.74, 6) is 2.64. The molecule has 1 unspecified atom stereocenters. The molecule has 0 bridgehead atoms. The molecule has 1 heterocycles. The van der Waals surface area contributed by atoms with E-state index in [-0.39, 0.29) is 30.1 Å². The van der Waals surface area contributed by atoms with Crippen LogP contribution in [0.3, 0.4) is 0 Å². The number of guanidine groups is 1. The van der Waals surface area contributed by atoms with E-state index in [1.165, 1.54) is 5.56 Å². The first kappa shape index (κ1) is 21.8. The molecule has 0 saturated heterocycles. The molecule has 0 aliphatic carbocycles. The van der Waals surface area contributed by atoms with Crippen LogP contribution in [0.1, 0.15) is 31.4 Å². The Morgan fingerprint density at radius 2 is 2.16 bits per heavy atom. The normalized spacial score (nSPS) is 15.8. The monoisotopic (exact) mass is 463 g/mol. The van der Waals surface area contributed by atoms with Crippen LogP contribution < -0.4 is 20.1 Å². The average molecular weight is 463 g/mol. The number of hydrogen-bond donors (Lipinski definition) is 2. The summed E-state index contributed by atoms with van der Waals surface area (Å²) < 4.78 is 16.7. The van der Waals surface area contributed by atoms with Crippen molar-refractivity contribution in [3.8, 4) is 11.5 Å². The van der Waals surface area contributed by atoms with Crippen LogP contribution >= 0.6 is 24.0 Å². The van der Waals surface area contributed by atoms with E-state index >= 15 is 0 Å². The van der Waals surface area contributed by atoms with Crippen molar-refractivity contribution in [2.24, 2.45) is 4.99 Å². The number of hydrogen-bond acceptors (Lipinski definition) is 4. The minimum Gasteiger partial charge on any atom is -0.494 e. The van der Waals surface area contributed by atoms with Gasteiger partial charge in [-0.15, -0.1) is 24.0 Å². The number of fused-ring (bicyclic) bond motifs is 1. The van der Waals surface area contributed by atoms with Crippen molar-refractivity contribution in [1.82, 2.24) is 10.6 Å². The van der Waals surface area contributed by atoms with E-state index in [1.807, 2.05) is 6.92 Å². The van der Waals surface area contributed by atoms with Crippen molar-refractivity contribution in [2.75, 3.05) is 33.9 Å². The quantitative estimate of drug-likeness (QED) is 0.269. The molecule has 0 saturated carbocycles. The van der Waals surface area contributed by atoms with Crippen LogP contribution in [0, 0.1) is 0 Å². The van der Waals surface area contributed by atoms with Gasteiger partial charge in [-0.3, -0.25) is 4.99 Å². The summed E-state index contributed by atoms with van der Waals surface area (Å²) in [4.78, 5) is 4.24. The molecule has 0 radical (unpaired) electrons. The summed E-state index contributed by atoms with van der Waals surface area (Å²) in [6.45, 7) is 6.91. The Bertz CT molecular complexity index is 567. The van der Waals surface area contributed by atoms with Gasteiger partial charge in [0.2, 0.25) is 0 Å². The fourth-order valence-corrected chi connectivity index (χ4v) is 2.73. The minimum atomic E-state index is 0. The van der Waals surface area contributed by atoms with Crippen molar-refractivity contribution < 1.29 is 14.2 Å². The number of aliphatic imine (C=N–C) groups is 1. The highest BCUT2D eigenvalue weighted by Gasteiger charge is 2.21. The third-order valence-electron chi connectivity index (χ3n) is 3.87. The third-order valence-corrected chi connectivity index (χ3v) is 3.87. The Labute approximate surface area is 167 Å². The van der Waals surface area contributed by atoms with Gasteiger partial charge in [-0.05, 0) is 32.4 Å². The van der Waals surface area contributed by atoms with Crippen LogP contribution in [0.25, 0.3) is 0 Å². The molecule has 2 N–H and O–H groups in total. The Morgan fingerprint density at radius 1 is 1.36 bits per heavy atom. The maximum Gasteiger partial charge on any atom is 0.191 e. The second-order valence-electron chi connectivity index (χ2n) is 5.83. The van der Waals surface area contributed by atoms with E-state index in [0.717, 1.165) is 49.0 Å². The lowest BCUT2D eigenvalue weighted by Gasteiger charge is -2.15. The predicted octanol–water partition coefficient (Wildman–Crippen LogP) is 2.73. The van der Waals surface area contributed by atoms with Gasteiger partial charge in [0.1, 0.15) is 17.6 Å². The van der Waals surface area contributed by atoms with Crippen molar-refractivity contribution in [3.05, 3.63) is 23.3 Å². The number of nitrogens with zero attached hydrogens (tertiary/aromatic N) is 1. The molecule has 2 rings (SSSR count). The number of nitrogens with one attached hydrogen (secondary N) is 2. The van der Waals surface area contributed by atoms with Crippen molar-refractivity contribution in [1.29, 1.82) is 0 Å². The van der Waals surface area contributed by atoms with Gasteiger partial charge in [0.25, 0.3) is 0 Å². The largest absolute Gasteiger partial charge is 0.494 e. The molecule has 1 aromatic carbocycles. The molecule has 7 heteroatoms. The first-order valence-corrected chi connectivity index (χ1v) is 8.56. The molecule has 0 spiro atoms. The summed E-state index contributed by atoms with van der Waals surface area (Å²) in [5, 5.41) is 6.60. The Hall–Kier alpha value is -1.22. The van der Waals surface area contributed by atoms with Gasteiger partial charge >= 0.3 is 0 Å². The highest BCUT2D eigenvalue weighted by Crippen LogP contribution is 2.35. The zero-order valence-electron chi connectivity index (χ0n) is 15.6. The Balaban J connectivity index is 0.00000312. The van der Waals surface area contributed by atoms with E-state index in [0.29, 0.717) is 13.2 Å². The lowest BCUT2D eigenvalue weighted by atomic mass is 10.1. The smallest absolute Gasteiger partial charge is 0.191 e. The van der Waals surface area contributed by atoms with Crippen molar-refractivity contribution >= 4 is 29.9 Å². The van der Waals surface area contributed by atoms with E-state index in [4.69, 9.17) is 14.2 Å². The summed E-state index contributed by atoms with van der Waals surface area (Å²) in [7, 11) is 3.47. The summed E-state index contributed by atoms with van der Waals surface area (Å²) >= 11 is 0. The van der Waals surface area contributed by atoms with E-state index in [9.17, 15) is 0 Å². The van der Waals surface area contributed by atoms with E-state index in [1.54, 1.807) is 14.2 Å². The Kier molecular flexibility index (Phi) is 9.96. The first-order valence-electron chi connectivity index (χ1n) is 8.56. The summed E-state index contributed by atoms with van der Waals surface area (Å²) in [5.41, 5.74) is 2.29. The summed E-state index contributed by atoms with van der Waals surface area (Å²) in [6.07, 6.45) is 2.10. The maximum absolute atomic E-state index is 5.86. The van der Waals surface area contributed by atoms with Gasteiger partial charge in [-0.25, -0.2) is 0 Å². The zero-order valence-corrected chi connectivity index (χ0v) is 17.9. The second kappa shape index (κ2) is 11.4. The van der Waals surface area contributed by atoms with Gasteiger partial charge in [0.15, 0.2) is 5.96 Å². The molecule has 0 amide bonds. The van der Waals surface area contributed by atoms with Crippen LogP contribution in [0.4, 0.5) is 0 Å². The first-order chi connectivity index (χ1) is 11.7. The van der Waals surface area contributed by atoms with Crippen LogP contribution in [-0.4, -0.2) is 46.0 Å². The maximum atomic E-state index is 5.86. The predicted molar refractivity (Wildman–Crippen MR) is 112 cm³/mol. The molecule has 142 valence electrons. The number of ether oxygens (including phenoxy) is 3. The molecule has 1 aliphatic rings. The fraction of sp³-hybridized carbons (Fsp3) is 0.611. The van der Waals surface area contributed by atoms with Gasteiger partial charge in [0, 0.05) is 51.4 Å². The molecule has 6 nitrogen and oxygen atoms in total. The zero-order chi connectivity index (χ0) is 17.4. The van der Waals surface area contributed by atoms with Gasteiger partial charge in [-0.2, -0.15) is 0 Å². The standard InChI is InChI=1S/C18H29N3O3.HI/c1-5-23-16-10-14-9-13(2)24-17(14)11-15(16)12-21-18(19-3)20-7-6-8-22-4;/h10-11,13H,5-9,12H2,1-4H3,(H2,19,20,21);1H. The molecular formula is C18H30IN3O3. The topological polar surface area (TPSA) is 64.1 Å². The second-order valence-corrected chi connectivity index (χ2v) is 5.83. The summed E-state index contributed by atoms with van der Waals surface area (Å²) in [6, 6.07) is 4.18. The molecule has 25 heavy (non-hydrogen) atoms. The lowest BCUT2D eigenvalue weighted by molar-refractivity contribution is 0.195. The molecule has 1 aliphatic heterocycles. The highest BCUT2D eigenvalue weighted by atomic mass is 127. The number of methoxy groups -OCH3 is 1. The van der Waals surface area contributed by atoms with Gasteiger partial charge < -0.3 is 24.8 Å². The highest BCUT2D eigenvalue weighted by molar-refractivity contribution is 14.0. The molecule has 1 atom stereocenters. The number of halogens is 1. The Morgan fingerprint density at radius 3 is 2.84 bits per heavy atom. The third kappa shape index (κ3) is 6.54. The van der Waals surface area contributed by atoms with Gasteiger partial charge in [0.05, 0.1) is 6.61 Å². The van der Waals surface area contributed by atoms with Crippen LogP contribution in [0.5, 0.6) is 11.5 Å². The van der Waals surface area contributed by atoms with Crippen molar-refractivity contribution in [2.45, 2.75) is 39.3 Å². The molecule has 1 aromatic rings. The molecule has 0 fully saturated rings. The van der Waals surface area contributed by atoms with Crippen LogP contribution in [-0.2, 0) is 17.7 Å². The van der Waals surface area contributed by atoms with E-state index in [2.05, 4.69) is 34.7 Å². The SMILES string of the molecule is CCOc1cc2c(cc1CNC(=NC)NCCCOC)OC(C)C2.I. The molecular weight excluding hydrogens is 433 g/mol. The number of rotatable bonds is 8. The van der Waals surface area contributed by atoms with E-state index < -0.39 is 0 Å². The fourth-order valence-electron chi connectivity index (χ4n) is 2.73. The molecule has 0 aromatic heterocycles. The van der Waals surface area contributed by atoms with Crippen molar-refractivity contribution in [3.63, 3.8) is 0 Å². The average Bonchev–Trinajstić information content (AvgIpc) is 2.93. The van der Waals surface area contributed by atoms with Crippen LogP contribution in [0.2, 0.25) is 0 Å².